The predicted molar refractivity (Wildman–Crippen MR) is 50.1 cm³/mol. The first-order valence-electron chi connectivity index (χ1n) is 4.42. The summed E-state index contributed by atoms with van der Waals surface area (Å²) in [4.78, 5) is 0. The minimum absolute atomic E-state index is 0.282. The Bertz CT molecular complexity index is 258. The number of nitrogens with zero attached hydrogens (tertiary/aromatic N) is 2. The lowest BCUT2D eigenvalue weighted by atomic mass is 10.1. The fourth-order valence-electron chi connectivity index (χ4n) is 0.756. The lowest BCUT2D eigenvalue weighted by molar-refractivity contribution is 0.483. The van der Waals surface area contributed by atoms with E-state index in [1.165, 1.54) is 0 Å². The van der Waals surface area contributed by atoms with Crippen LogP contribution in [0.4, 0.5) is 6.01 Å². The Kier molecular flexibility index (Phi) is 3.25. The highest BCUT2D eigenvalue weighted by Gasteiger charge is 2.10. The minimum Gasteiger partial charge on any atom is -0.407 e. The molecule has 0 aromatic carbocycles. The van der Waals surface area contributed by atoms with Crippen LogP contribution in [0.1, 0.15) is 26.7 Å². The van der Waals surface area contributed by atoms with E-state index in [0.717, 1.165) is 0 Å². The van der Waals surface area contributed by atoms with E-state index in [2.05, 4.69) is 36.3 Å². The van der Waals surface area contributed by atoms with E-state index in [1.54, 1.807) is 0 Å². The van der Waals surface area contributed by atoms with E-state index in [1.807, 2.05) is 0 Å². The van der Waals surface area contributed by atoms with Gasteiger partial charge in [-0.05, 0) is 12.8 Å². The second-order valence-corrected chi connectivity index (χ2v) is 3.38. The molecule has 0 saturated heterocycles. The number of nitrogens with one attached hydrogen (secondary N) is 1. The standard InChI is InChI=1S/C8H16N4O/c1-5(2)6(3)10-8-12-11-7(4-9)13-8/h5-6H,4,9H2,1-3H3,(H,10,12). The Morgan fingerprint density at radius 2 is 2.08 bits per heavy atom. The summed E-state index contributed by atoms with van der Waals surface area (Å²) in [6, 6.07) is 0.757. The van der Waals surface area contributed by atoms with Gasteiger partial charge >= 0.3 is 6.01 Å². The minimum atomic E-state index is 0.282. The van der Waals surface area contributed by atoms with Gasteiger partial charge in [0.15, 0.2) is 0 Å². The molecule has 0 amide bonds. The van der Waals surface area contributed by atoms with Gasteiger partial charge in [0.2, 0.25) is 5.89 Å². The zero-order valence-electron chi connectivity index (χ0n) is 8.24. The molecule has 74 valence electrons. The maximum Gasteiger partial charge on any atom is 0.315 e. The molecule has 0 fully saturated rings. The summed E-state index contributed by atoms with van der Waals surface area (Å²) >= 11 is 0. The fourth-order valence-corrected chi connectivity index (χ4v) is 0.756. The van der Waals surface area contributed by atoms with Gasteiger partial charge in [0.25, 0.3) is 0 Å². The fraction of sp³-hybridized carbons (Fsp3) is 0.750. The molecule has 1 rings (SSSR count). The molecule has 0 saturated carbocycles. The number of rotatable bonds is 4. The maximum absolute atomic E-state index is 5.33. The summed E-state index contributed by atoms with van der Waals surface area (Å²) in [5, 5.41) is 10.6. The topological polar surface area (TPSA) is 77.0 Å². The van der Waals surface area contributed by atoms with Crippen molar-refractivity contribution < 1.29 is 4.42 Å². The first kappa shape index (κ1) is 9.98. The number of nitrogens with two attached hydrogens (primary N) is 1. The van der Waals surface area contributed by atoms with Crippen LogP contribution in [0.5, 0.6) is 0 Å². The number of hydrogen-bond donors (Lipinski definition) is 2. The van der Waals surface area contributed by atoms with Gasteiger partial charge in [-0.3, -0.25) is 0 Å². The average Bonchev–Trinajstić information content (AvgIpc) is 2.52. The van der Waals surface area contributed by atoms with Crippen LogP contribution in [0, 0.1) is 5.92 Å². The Hall–Kier alpha value is -1.10. The van der Waals surface area contributed by atoms with Gasteiger partial charge in [0.1, 0.15) is 0 Å². The molecule has 1 aromatic heterocycles. The highest BCUT2D eigenvalue weighted by Crippen LogP contribution is 2.10. The van der Waals surface area contributed by atoms with Crippen LogP contribution < -0.4 is 11.1 Å². The first-order valence-corrected chi connectivity index (χ1v) is 4.42. The van der Waals surface area contributed by atoms with Crippen LogP contribution >= 0.6 is 0 Å². The lowest BCUT2D eigenvalue weighted by Gasteiger charge is -2.14. The summed E-state index contributed by atoms with van der Waals surface area (Å²) in [5.74, 6) is 0.978. The van der Waals surface area contributed by atoms with E-state index in [9.17, 15) is 0 Å². The third kappa shape index (κ3) is 2.69. The van der Waals surface area contributed by atoms with E-state index < -0.39 is 0 Å². The van der Waals surface area contributed by atoms with Crippen molar-refractivity contribution >= 4 is 6.01 Å². The van der Waals surface area contributed by atoms with Crippen LogP contribution in [-0.2, 0) is 6.54 Å². The van der Waals surface area contributed by atoms with Gasteiger partial charge in [-0.2, -0.15) is 0 Å². The third-order valence-corrected chi connectivity index (χ3v) is 1.99. The van der Waals surface area contributed by atoms with Gasteiger partial charge in [0.05, 0.1) is 6.54 Å². The molecule has 0 aliphatic carbocycles. The smallest absolute Gasteiger partial charge is 0.315 e. The van der Waals surface area contributed by atoms with Crippen molar-refractivity contribution in [2.75, 3.05) is 5.32 Å². The van der Waals surface area contributed by atoms with Crippen molar-refractivity contribution in [3.63, 3.8) is 0 Å². The second-order valence-electron chi connectivity index (χ2n) is 3.38. The number of hydrogen-bond acceptors (Lipinski definition) is 5. The summed E-state index contributed by atoms with van der Waals surface area (Å²) in [6.45, 7) is 6.59. The molecule has 0 spiro atoms. The SMILES string of the molecule is CC(C)C(C)Nc1nnc(CN)o1. The van der Waals surface area contributed by atoms with E-state index in [4.69, 9.17) is 10.2 Å². The monoisotopic (exact) mass is 184 g/mol. The third-order valence-electron chi connectivity index (χ3n) is 1.99. The molecule has 13 heavy (non-hydrogen) atoms. The van der Waals surface area contributed by atoms with Gasteiger partial charge in [-0.25, -0.2) is 0 Å². The van der Waals surface area contributed by atoms with Crippen LogP contribution in [-0.4, -0.2) is 16.2 Å². The quantitative estimate of drug-likeness (QED) is 0.729. The lowest BCUT2D eigenvalue weighted by Crippen LogP contribution is -2.21. The molecular weight excluding hydrogens is 168 g/mol. The zero-order chi connectivity index (χ0) is 9.84. The molecule has 5 nitrogen and oxygen atoms in total. The average molecular weight is 184 g/mol. The number of anilines is 1. The van der Waals surface area contributed by atoms with Crippen molar-refractivity contribution in [2.45, 2.75) is 33.4 Å². The van der Waals surface area contributed by atoms with Crippen molar-refractivity contribution in [2.24, 2.45) is 11.7 Å². The van der Waals surface area contributed by atoms with Crippen molar-refractivity contribution in [3.8, 4) is 0 Å². The van der Waals surface area contributed by atoms with Crippen LogP contribution in [0.15, 0.2) is 4.42 Å². The molecule has 5 heteroatoms. The van der Waals surface area contributed by atoms with Gasteiger partial charge in [-0.15, -0.1) is 5.10 Å². The highest BCUT2D eigenvalue weighted by molar-refractivity contribution is 5.18. The van der Waals surface area contributed by atoms with Crippen LogP contribution in [0.25, 0.3) is 0 Å². The predicted octanol–water partition coefficient (Wildman–Crippen LogP) is 0.985. The second kappa shape index (κ2) is 4.23. The van der Waals surface area contributed by atoms with Crippen LogP contribution in [0.2, 0.25) is 0 Å². The Labute approximate surface area is 77.7 Å². The van der Waals surface area contributed by atoms with Crippen molar-refractivity contribution in [1.29, 1.82) is 0 Å². The Morgan fingerprint density at radius 1 is 1.38 bits per heavy atom. The van der Waals surface area contributed by atoms with Gasteiger partial charge < -0.3 is 15.5 Å². The summed E-state index contributed by atoms with van der Waals surface area (Å²) < 4.78 is 5.20. The molecule has 0 bridgehead atoms. The molecular formula is C8H16N4O. The normalized spacial score (nSPS) is 13.3. The Balaban J connectivity index is 2.53. The molecule has 0 radical (unpaired) electrons. The Morgan fingerprint density at radius 3 is 2.54 bits per heavy atom. The first-order chi connectivity index (χ1) is 6.13. The highest BCUT2D eigenvalue weighted by atomic mass is 16.4. The van der Waals surface area contributed by atoms with Gasteiger partial charge in [-0.1, -0.05) is 18.9 Å². The number of aromatic nitrogens is 2. The van der Waals surface area contributed by atoms with Crippen molar-refractivity contribution in [3.05, 3.63) is 5.89 Å². The van der Waals surface area contributed by atoms with Gasteiger partial charge in [0, 0.05) is 6.04 Å². The molecule has 1 atom stereocenters. The summed E-state index contributed by atoms with van der Waals surface area (Å²) in [6.07, 6.45) is 0. The maximum atomic E-state index is 5.33. The summed E-state index contributed by atoms with van der Waals surface area (Å²) in [7, 11) is 0. The molecule has 0 aliphatic heterocycles. The van der Waals surface area contributed by atoms with E-state index in [0.29, 0.717) is 23.9 Å². The molecule has 1 aromatic rings. The molecule has 0 aliphatic rings. The van der Waals surface area contributed by atoms with Crippen LogP contribution in [0.3, 0.4) is 0 Å². The molecule has 1 unspecified atom stereocenters. The van der Waals surface area contributed by atoms with Crippen molar-refractivity contribution in [1.82, 2.24) is 10.2 Å². The molecule has 3 N–H and O–H groups in total. The molecule has 1 heterocycles. The van der Waals surface area contributed by atoms with E-state index in [-0.39, 0.29) is 6.54 Å². The largest absolute Gasteiger partial charge is 0.407 e. The summed E-state index contributed by atoms with van der Waals surface area (Å²) in [5.41, 5.74) is 5.33. The zero-order valence-corrected chi connectivity index (χ0v) is 8.24. The van der Waals surface area contributed by atoms with E-state index >= 15 is 0 Å².